The van der Waals surface area contributed by atoms with Crippen LogP contribution in [0.2, 0.25) is 0 Å². The van der Waals surface area contributed by atoms with Gasteiger partial charge < -0.3 is 5.32 Å². The number of aliphatic imine (C=N–C) groups is 1. The molecule has 1 aliphatic heterocycles. The zero-order chi connectivity index (χ0) is 21.7. The predicted molar refractivity (Wildman–Crippen MR) is 112 cm³/mol. The quantitative estimate of drug-likeness (QED) is 0.541. The van der Waals surface area contributed by atoms with E-state index >= 15 is 0 Å². The molecule has 1 aliphatic rings. The molecule has 4 rings (SSSR count). The minimum Gasteiger partial charge on any atom is -0.324 e. The topological polar surface area (TPSA) is 54.4 Å². The Kier molecular flexibility index (Phi) is 6.30. The highest BCUT2D eigenvalue weighted by atomic mass is 19.4. The van der Waals surface area contributed by atoms with Crippen LogP contribution in [0.4, 0.5) is 24.5 Å². The van der Waals surface area contributed by atoms with Gasteiger partial charge in [-0.3, -0.25) is 14.8 Å². The van der Waals surface area contributed by atoms with Crippen LogP contribution in [0.25, 0.3) is 11.3 Å². The van der Waals surface area contributed by atoms with Crippen LogP contribution < -0.4 is 5.32 Å². The minimum absolute atomic E-state index is 0.0473. The Labute approximate surface area is 172 Å². The van der Waals surface area contributed by atoms with Crippen molar-refractivity contribution in [1.82, 2.24) is 4.98 Å². The molecule has 2 heterocycles. The van der Waals surface area contributed by atoms with Crippen molar-refractivity contribution in [1.29, 1.82) is 0 Å². The molecule has 0 saturated carbocycles. The van der Waals surface area contributed by atoms with Gasteiger partial charge in [-0.25, -0.2) is 0 Å². The average molecular weight is 411 g/mol. The van der Waals surface area contributed by atoms with Gasteiger partial charge in [0.25, 0.3) is 0 Å². The summed E-state index contributed by atoms with van der Waals surface area (Å²) in [6, 6.07) is 16.2. The molecule has 30 heavy (non-hydrogen) atoms. The smallest absolute Gasteiger partial charge is 0.324 e. The van der Waals surface area contributed by atoms with Crippen LogP contribution in [0, 0.1) is 0 Å². The number of fused-ring (bicyclic) bond motifs is 1. The molecule has 0 atom stereocenters. The molecule has 1 aromatic heterocycles. The lowest BCUT2D eigenvalue weighted by Crippen LogP contribution is -2.15. The maximum atomic E-state index is 12.9. The van der Waals surface area contributed by atoms with Crippen LogP contribution in [-0.2, 0) is 11.0 Å². The van der Waals surface area contributed by atoms with Gasteiger partial charge in [0.15, 0.2) is 0 Å². The Morgan fingerprint density at radius 1 is 0.933 bits per heavy atom. The number of pyridine rings is 1. The Morgan fingerprint density at radius 2 is 1.67 bits per heavy atom. The van der Waals surface area contributed by atoms with Gasteiger partial charge in [-0.15, -0.1) is 0 Å². The van der Waals surface area contributed by atoms with E-state index in [0.717, 1.165) is 23.4 Å². The van der Waals surface area contributed by atoms with Gasteiger partial charge in [0, 0.05) is 17.3 Å². The summed E-state index contributed by atoms with van der Waals surface area (Å²) < 4.78 is 38.8. The Morgan fingerprint density at radius 3 is 2.37 bits per heavy atom. The Hall–Kier alpha value is -3.48. The molecule has 1 N–H and O–H groups in total. The number of carbonyl (C=O) groups is 1. The SMILES string of the molecule is CC.O=C1CC(c2ccnc(-c3ccccc3)c2)=Nc2ccc(C(F)(F)F)cc2N1. The van der Waals surface area contributed by atoms with E-state index in [-0.39, 0.29) is 17.8 Å². The number of anilines is 1. The van der Waals surface area contributed by atoms with E-state index in [0.29, 0.717) is 11.3 Å². The highest BCUT2D eigenvalue weighted by Gasteiger charge is 2.31. The largest absolute Gasteiger partial charge is 0.416 e. The summed E-state index contributed by atoms with van der Waals surface area (Å²) in [6.07, 6.45) is -2.92. The number of benzene rings is 2. The number of nitrogens with zero attached hydrogens (tertiary/aromatic N) is 2. The molecule has 0 radical (unpaired) electrons. The van der Waals surface area contributed by atoms with Crippen LogP contribution >= 0.6 is 0 Å². The number of aromatic nitrogens is 1. The summed E-state index contributed by atoms with van der Waals surface area (Å²) in [6.45, 7) is 4.00. The normalized spacial score (nSPS) is 13.2. The molecule has 4 nitrogen and oxygen atoms in total. The second kappa shape index (κ2) is 8.90. The van der Waals surface area contributed by atoms with Crippen molar-refractivity contribution < 1.29 is 18.0 Å². The minimum atomic E-state index is -4.49. The molecule has 0 bridgehead atoms. The van der Waals surface area contributed by atoms with E-state index in [4.69, 9.17) is 0 Å². The number of halogens is 3. The fraction of sp³-hybridized carbons (Fsp3) is 0.174. The van der Waals surface area contributed by atoms with Crippen molar-refractivity contribution in [3.63, 3.8) is 0 Å². The molecule has 154 valence electrons. The van der Waals surface area contributed by atoms with Crippen molar-refractivity contribution in [3.8, 4) is 11.3 Å². The average Bonchev–Trinajstić information content (AvgIpc) is 2.92. The number of carbonyl (C=O) groups excluding carboxylic acids is 1. The molecule has 0 unspecified atom stereocenters. The van der Waals surface area contributed by atoms with E-state index in [1.807, 2.05) is 50.2 Å². The molecular weight excluding hydrogens is 391 g/mol. The molecule has 3 aromatic rings. The second-order valence-corrected chi connectivity index (χ2v) is 6.31. The van der Waals surface area contributed by atoms with Crippen LogP contribution in [0.1, 0.15) is 31.4 Å². The molecule has 0 spiro atoms. The summed E-state index contributed by atoms with van der Waals surface area (Å²) in [4.78, 5) is 21.1. The fourth-order valence-corrected chi connectivity index (χ4v) is 2.98. The lowest BCUT2D eigenvalue weighted by Gasteiger charge is -2.10. The van der Waals surface area contributed by atoms with Crippen LogP contribution in [0.3, 0.4) is 0 Å². The first-order valence-electron chi connectivity index (χ1n) is 9.51. The zero-order valence-electron chi connectivity index (χ0n) is 16.5. The van der Waals surface area contributed by atoms with Crippen LogP contribution in [0.15, 0.2) is 71.9 Å². The lowest BCUT2D eigenvalue weighted by molar-refractivity contribution is -0.137. The van der Waals surface area contributed by atoms with Crippen molar-refractivity contribution in [3.05, 3.63) is 78.0 Å². The summed E-state index contributed by atoms with van der Waals surface area (Å²) in [5.74, 6) is -0.421. The molecule has 0 aliphatic carbocycles. The molecule has 0 saturated heterocycles. The maximum Gasteiger partial charge on any atom is 0.416 e. The van der Waals surface area contributed by atoms with E-state index < -0.39 is 17.6 Å². The Bertz CT molecular complexity index is 1080. The number of alkyl halides is 3. The standard InChI is InChI=1S/C21H14F3N3O.C2H6/c22-21(23,24)15-6-7-16-19(11-15)27-20(28)12-18(26-16)14-8-9-25-17(10-14)13-4-2-1-3-5-13;1-2/h1-11H,12H2,(H,27,28);1-2H3. The van der Waals surface area contributed by atoms with E-state index in [1.165, 1.54) is 6.07 Å². The van der Waals surface area contributed by atoms with Gasteiger partial charge in [0.2, 0.25) is 5.91 Å². The van der Waals surface area contributed by atoms with Gasteiger partial charge in [-0.05, 0) is 30.3 Å². The summed E-state index contributed by atoms with van der Waals surface area (Å²) in [5.41, 5.74) is 2.29. The van der Waals surface area contributed by atoms with Crippen molar-refractivity contribution >= 4 is 23.0 Å². The van der Waals surface area contributed by atoms with Gasteiger partial charge in [0.05, 0.1) is 34.8 Å². The lowest BCUT2D eigenvalue weighted by atomic mass is 10.0. The number of hydrogen-bond acceptors (Lipinski definition) is 3. The molecular formula is C23H20F3N3O. The highest BCUT2D eigenvalue weighted by molar-refractivity contribution is 6.17. The zero-order valence-corrected chi connectivity index (χ0v) is 16.5. The molecule has 1 amide bonds. The fourth-order valence-electron chi connectivity index (χ4n) is 2.98. The molecule has 7 heteroatoms. The first-order valence-corrected chi connectivity index (χ1v) is 9.51. The number of amides is 1. The van der Waals surface area contributed by atoms with Gasteiger partial charge in [0.1, 0.15) is 0 Å². The maximum absolute atomic E-state index is 12.9. The monoisotopic (exact) mass is 411 g/mol. The van der Waals surface area contributed by atoms with E-state index in [9.17, 15) is 18.0 Å². The van der Waals surface area contributed by atoms with Gasteiger partial charge in [-0.1, -0.05) is 44.2 Å². The van der Waals surface area contributed by atoms with E-state index in [2.05, 4.69) is 15.3 Å². The number of rotatable bonds is 2. The third kappa shape index (κ3) is 4.74. The molecule has 0 fully saturated rings. The summed E-state index contributed by atoms with van der Waals surface area (Å²) in [5, 5.41) is 2.51. The Balaban J connectivity index is 0.00000124. The van der Waals surface area contributed by atoms with Crippen molar-refractivity contribution in [2.75, 3.05) is 5.32 Å². The third-order valence-corrected chi connectivity index (χ3v) is 4.34. The van der Waals surface area contributed by atoms with E-state index in [1.54, 1.807) is 12.3 Å². The third-order valence-electron chi connectivity index (χ3n) is 4.34. The summed E-state index contributed by atoms with van der Waals surface area (Å²) in [7, 11) is 0. The first-order chi connectivity index (χ1) is 14.4. The number of nitrogens with one attached hydrogen (secondary N) is 1. The van der Waals surface area contributed by atoms with Gasteiger partial charge >= 0.3 is 6.18 Å². The summed E-state index contributed by atoms with van der Waals surface area (Å²) >= 11 is 0. The second-order valence-electron chi connectivity index (χ2n) is 6.31. The van der Waals surface area contributed by atoms with Crippen LogP contribution in [-0.4, -0.2) is 16.6 Å². The van der Waals surface area contributed by atoms with Crippen molar-refractivity contribution in [2.45, 2.75) is 26.4 Å². The highest BCUT2D eigenvalue weighted by Crippen LogP contribution is 2.36. The van der Waals surface area contributed by atoms with Crippen molar-refractivity contribution in [2.24, 2.45) is 4.99 Å². The first kappa shape index (κ1) is 21.2. The number of hydrogen-bond donors (Lipinski definition) is 1. The van der Waals surface area contributed by atoms with Crippen LogP contribution in [0.5, 0.6) is 0 Å². The van der Waals surface area contributed by atoms with Gasteiger partial charge in [-0.2, -0.15) is 13.2 Å². The predicted octanol–water partition coefficient (Wildman–Crippen LogP) is 6.26. The molecule has 2 aromatic carbocycles.